The molecule has 0 spiro atoms. The molecule has 6 aromatic carbocycles. The molecular weight excluding hydrogens is 1260 g/mol. The summed E-state index contributed by atoms with van der Waals surface area (Å²) in [4.78, 5) is 23.4. The number of anilines is 5. The van der Waals surface area contributed by atoms with Gasteiger partial charge >= 0.3 is 10.4 Å². The average molecular weight is 1310 g/mol. The van der Waals surface area contributed by atoms with Gasteiger partial charge in [0.1, 0.15) is 32.6 Å². The van der Waals surface area contributed by atoms with Gasteiger partial charge in [-0.2, -0.15) is 53.7 Å². The Hall–Kier alpha value is -7.30. The number of hydrogen-bond acceptors (Lipinski definition) is 25. The van der Waals surface area contributed by atoms with E-state index in [0.717, 1.165) is 60.7 Å². The molecule has 0 radical (unpaired) electrons. The maximum Gasteiger partial charge on any atom is 0.398 e. The van der Waals surface area contributed by atoms with Gasteiger partial charge in [-0.05, 0) is 120 Å². The second-order valence-electron chi connectivity index (χ2n) is 16.1. The first kappa shape index (κ1) is 66.5. The van der Waals surface area contributed by atoms with Crippen molar-refractivity contribution in [2.75, 3.05) is 46.8 Å². The Balaban J connectivity index is 0.00000416. The van der Waals surface area contributed by atoms with Crippen molar-refractivity contribution in [3.05, 3.63) is 109 Å². The van der Waals surface area contributed by atoms with Crippen molar-refractivity contribution in [2.24, 2.45) is 20.5 Å². The molecule has 83 heavy (non-hydrogen) atoms. The normalized spacial score (nSPS) is 12.7. The van der Waals surface area contributed by atoms with Gasteiger partial charge in [0, 0.05) is 35.1 Å². The molecule has 0 saturated heterocycles. The maximum atomic E-state index is 12.7. The van der Waals surface area contributed by atoms with Crippen LogP contribution in [0.4, 0.5) is 51.7 Å². The number of phenolic OH excluding ortho intramolecular Hbond substituents is 2. The summed E-state index contributed by atoms with van der Waals surface area (Å²) < 4.78 is 182. The Morgan fingerprint density at radius 2 is 1.39 bits per heavy atom. The molecule has 0 aliphatic carbocycles. The van der Waals surface area contributed by atoms with Crippen LogP contribution in [0.3, 0.4) is 0 Å². The zero-order valence-corrected chi connectivity index (χ0v) is 47.9. The molecule has 8 N–H and O–H groups in total. The molecule has 1 unspecified atom stereocenters. The number of nitrogens with one attached hydrogen (secondary N) is 2. The summed E-state index contributed by atoms with van der Waals surface area (Å²) in [5.41, 5.74) is -1.96. The van der Waals surface area contributed by atoms with E-state index in [2.05, 4.69) is 63.4 Å². The summed E-state index contributed by atoms with van der Waals surface area (Å²) >= 11 is 9.79. The fourth-order valence-electron chi connectivity index (χ4n) is 7.10. The van der Waals surface area contributed by atoms with E-state index in [-0.39, 0.29) is 81.4 Å². The lowest BCUT2D eigenvalue weighted by atomic mass is 10.0. The Bertz CT molecular complexity index is 4380. The van der Waals surface area contributed by atoms with Gasteiger partial charge in [-0.1, -0.05) is 7.43 Å². The molecule has 0 bridgehead atoms. The summed E-state index contributed by atoms with van der Waals surface area (Å²) in [7, 11) is -23.3. The van der Waals surface area contributed by atoms with Gasteiger partial charge in [0.2, 0.25) is 32.9 Å². The topological polar surface area (TPSA) is 460 Å². The standard InChI is InChI=1S/C42H36Cl2N10O20S6.C2H4.CH4/c1-21-13-23-15-28(77(61,62)63)18-31(35(23)39(57)36(21)52-51-30-17-25(5-10-32(30)78(64,65)66)45-34(55)19-75(58)73-12-11-43)46-41-47-40(44)48-42(49-41)54(2)26-6-9-29-22(14-26)16-33(79(67,68)69)37(38(29)56)53-50-24-3-7-27(8-4-24)76(59,60)20-74-80(70,71)72;1-2;/h3-10,13-18,56-57H,11-12,19-20H2,1-2H3,(H,45,55)(H,61,62,63)(H,64,65,66)(H,67,68,69)(H,70,71,72)(H,46,47,48,49);1-2H2;1H4. The zero-order valence-electron chi connectivity index (χ0n) is 41.5. The first-order valence-corrected chi connectivity index (χ1v) is 31.5. The molecule has 1 heterocycles. The molecule has 30 nitrogen and oxygen atoms in total. The van der Waals surface area contributed by atoms with Crippen molar-refractivity contribution in [1.82, 2.24) is 15.0 Å². The van der Waals surface area contributed by atoms with Gasteiger partial charge in [0.05, 0.1) is 27.8 Å². The third kappa shape index (κ3) is 16.7. The second-order valence-corrected chi connectivity index (χ2v) is 25.2. The van der Waals surface area contributed by atoms with Crippen molar-refractivity contribution in [2.45, 2.75) is 33.9 Å². The van der Waals surface area contributed by atoms with Crippen LogP contribution in [0.2, 0.25) is 5.28 Å². The highest BCUT2D eigenvalue weighted by Gasteiger charge is 2.26. The number of fused-ring (bicyclic) bond motifs is 2. The molecule has 0 aliphatic heterocycles. The summed E-state index contributed by atoms with van der Waals surface area (Å²) in [5, 5.41) is 42.9. The van der Waals surface area contributed by atoms with Gasteiger partial charge in [0.25, 0.3) is 30.4 Å². The van der Waals surface area contributed by atoms with Crippen molar-refractivity contribution in [3.63, 3.8) is 0 Å². The fourth-order valence-corrected chi connectivity index (χ4v) is 11.6. The van der Waals surface area contributed by atoms with Crippen LogP contribution in [-0.2, 0) is 74.8 Å². The number of aryl methyl sites for hydroxylation is 1. The lowest BCUT2D eigenvalue weighted by Crippen LogP contribution is -2.21. The lowest BCUT2D eigenvalue weighted by molar-refractivity contribution is -0.113. The van der Waals surface area contributed by atoms with Crippen LogP contribution in [0.15, 0.2) is 138 Å². The number of carbonyl (C=O) groups is 1. The number of benzene rings is 6. The SMILES string of the molecule is C.C=C.Cc1cc2cc(S(=O)(=O)O)cc(Nc3nc(Cl)nc(N(C)c4ccc5c(O)c(N=Nc6ccc(S(=O)(=O)COS(=O)(=O)O)cc6)c(S(=O)(=O)O)cc5c4)n3)c2c(O)c1N=Nc1cc(NC(=O)CS(=O)OCCCl)ccc1S(=O)(=O)O. The van der Waals surface area contributed by atoms with E-state index in [9.17, 15) is 75.0 Å². The highest BCUT2D eigenvalue weighted by molar-refractivity contribution is 7.92. The van der Waals surface area contributed by atoms with E-state index in [1.807, 2.05) is 0 Å². The van der Waals surface area contributed by atoms with Crippen LogP contribution in [-0.4, -0.2) is 127 Å². The highest BCUT2D eigenvalue weighted by atomic mass is 35.5. The molecular formula is C45H44Cl2N10O20S6. The first-order chi connectivity index (χ1) is 38.2. The molecule has 0 fully saturated rings. The van der Waals surface area contributed by atoms with Crippen LogP contribution in [0, 0.1) is 6.92 Å². The lowest BCUT2D eigenvalue weighted by Gasteiger charge is -2.19. The monoisotopic (exact) mass is 1310 g/mol. The van der Waals surface area contributed by atoms with Crippen molar-refractivity contribution >= 4 is 164 Å². The fraction of sp³-hybridized carbons (Fsp3) is 0.156. The largest absolute Gasteiger partial charge is 0.505 e. The molecule has 444 valence electrons. The minimum absolute atomic E-state index is 0. The number of nitrogens with zero attached hydrogens (tertiary/aromatic N) is 8. The number of aromatic nitrogens is 3. The van der Waals surface area contributed by atoms with E-state index in [1.165, 1.54) is 43.1 Å². The van der Waals surface area contributed by atoms with Crippen molar-refractivity contribution in [3.8, 4) is 11.5 Å². The Kier molecular flexibility index (Phi) is 21.2. The number of halogens is 2. The average Bonchev–Trinajstić information content (AvgIpc) is 1.59. The van der Waals surface area contributed by atoms with Gasteiger partial charge in [-0.25, -0.2) is 16.8 Å². The van der Waals surface area contributed by atoms with Crippen LogP contribution in [0.5, 0.6) is 11.5 Å². The number of sulfone groups is 1. The van der Waals surface area contributed by atoms with E-state index in [1.54, 1.807) is 0 Å². The summed E-state index contributed by atoms with van der Waals surface area (Å²) in [5.74, 6) is -5.13. The molecule has 1 aromatic heterocycles. The van der Waals surface area contributed by atoms with E-state index >= 15 is 0 Å². The van der Waals surface area contributed by atoms with Crippen LogP contribution in [0.1, 0.15) is 13.0 Å². The van der Waals surface area contributed by atoms with Gasteiger partial charge < -0.3 is 25.7 Å². The predicted octanol–water partition coefficient (Wildman–Crippen LogP) is 8.48. The Morgan fingerprint density at radius 3 is 2.00 bits per heavy atom. The highest BCUT2D eigenvalue weighted by Crippen LogP contribution is 2.46. The minimum Gasteiger partial charge on any atom is -0.505 e. The number of aromatic hydroxyl groups is 2. The molecule has 7 aromatic rings. The number of carbonyl (C=O) groups excluding carboxylic acids is 1. The quantitative estimate of drug-likeness (QED) is 0.0145. The molecule has 0 saturated carbocycles. The van der Waals surface area contributed by atoms with Crippen LogP contribution in [0.25, 0.3) is 21.5 Å². The van der Waals surface area contributed by atoms with Gasteiger partial charge in [0.15, 0.2) is 28.5 Å². The van der Waals surface area contributed by atoms with E-state index in [4.69, 9.17) is 31.9 Å². The number of rotatable bonds is 21. The third-order valence-corrected chi connectivity index (χ3v) is 16.5. The first-order valence-electron chi connectivity index (χ1n) is 22.0. The predicted molar refractivity (Wildman–Crippen MR) is 304 cm³/mol. The summed E-state index contributed by atoms with van der Waals surface area (Å²) in [6.45, 7) is 7.28. The van der Waals surface area contributed by atoms with Crippen molar-refractivity contribution < 1.29 is 87.9 Å². The molecule has 38 heteroatoms. The van der Waals surface area contributed by atoms with Crippen molar-refractivity contribution in [1.29, 1.82) is 0 Å². The third-order valence-electron chi connectivity index (χ3n) is 10.6. The summed E-state index contributed by atoms with van der Waals surface area (Å²) in [6, 6.07) is 15.1. The number of azo groups is 2. The number of alkyl halides is 1. The van der Waals surface area contributed by atoms with E-state index < -0.39 is 133 Å². The molecule has 1 atom stereocenters. The Labute approximate surface area is 485 Å². The smallest absolute Gasteiger partial charge is 0.398 e. The van der Waals surface area contributed by atoms with Gasteiger partial charge in [-0.3, -0.25) is 27.2 Å². The second kappa shape index (κ2) is 26.5. The number of phenols is 2. The minimum atomic E-state index is -5.18. The van der Waals surface area contributed by atoms with Crippen LogP contribution >= 0.6 is 23.2 Å². The molecule has 7 rings (SSSR count). The summed E-state index contributed by atoms with van der Waals surface area (Å²) in [6.07, 6.45) is 0. The number of hydrogen-bond donors (Lipinski definition) is 8. The molecule has 0 aliphatic rings. The Morgan fingerprint density at radius 1 is 0.735 bits per heavy atom. The van der Waals surface area contributed by atoms with E-state index in [0.29, 0.717) is 0 Å². The van der Waals surface area contributed by atoms with Crippen LogP contribution < -0.4 is 15.5 Å². The number of amides is 1. The zero-order chi connectivity index (χ0) is 60.9. The van der Waals surface area contributed by atoms with Gasteiger partial charge in [-0.15, -0.1) is 40.1 Å². The molecule has 1 amide bonds. The maximum absolute atomic E-state index is 12.7.